The molecule has 0 fully saturated rings. The minimum Gasteiger partial charge on any atom is -0.143 e. The first-order chi connectivity index (χ1) is 6.92. The van der Waals surface area contributed by atoms with Gasteiger partial charge in [-0.2, -0.15) is 0 Å². The van der Waals surface area contributed by atoms with Gasteiger partial charge in [-0.25, -0.2) is 0 Å². The van der Waals surface area contributed by atoms with Gasteiger partial charge in [0.2, 0.25) is 0 Å². The lowest BCUT2D eigenvalue weighted by molar-refractivity contribution is 1.39. The molecule has 0 bridgehead atoms. The predicted molar refractivity (Wildman–Crippen MR) is 74.9 cm³/mol. The molecule has 14 heavy (non-hydrogen) atoms. The van der Waals surface area contributed by atoms with Crippen molar-refractivity contribution in [2.75, 3.05) is 0 Å². The number of fused-ring (bicyclic) bond motifs is 1. The molecule has 70 valence electrons. The van der Waals surface area contributed by atoms with Crippen molar-refractivity contribution < 1.29 is 0 Å². The molecule has 0 aliphatic carbocycles. The van der Waals surface area contributed by atoms with Crippen LogP contribution in [0.25, 0.3) is 10.1 Å². The summed E-state index contributed by atoms with van der Waals surface area (Å²) in [6, 6.07) is 8.48. The van der Waals surface area contributed by atoms with Crippen molar-refractivity contribution >= 4 is 51.6 Å². The molecule has 0 aliphatic rings. The molecule has 0 saturated carbocycles. The summed E-state index contributed by atoms with van der Waals surface area (Å²) in [5, 5.41) is 6.57. The Kier molecular flexibility index (Phi) is 3.74. The fourth-order valence-corrected chi connectivity index (χ4v) is 2.88. The summed E-state index contributed by atoms with van der Waals surface area (Å²) >= 11 is 3.99. The van der Waals surface area contributed by atoms with E-state index in [-0.39, 0.29) is 0 Å². The van der Waals surface area contributed by atoms with Gasteiger partial charge in [0, 0.05) is 32.3 Å². The van der Waals surface area contributed by atoms with Gasteiger partial charge in [-0.05, 0) is 36.6 Å². The molecule has 0 nitrogen and oxygen atoms in total. The molecule has 1 heterocycles. The van der Waals surface area contributed by atoms with Crippen LogP contribution >= 0.6 is 41.5 Å². The quantitative estimate of drug-likeness (QED) is 0.548. The topological polar surface area (TPSA) is 0 Å². The Hall–Kier alpha value is -0.180. The van der Waals surface area contributed by atoms with E-state index in [4.69, 9.17) is 0 Å². The highest BCUT2D eigenvalue weighted by Crippen LogP contribution is 2.25. The van der Waals surface area contributed by atoms with Crippen LogP contribution in [0.4, 0.5) is 0 Å². The molecule has 0 amide bonds. The summed E-state index contributed by atoms with van der Waals surface area (Å²) in [4.78, 5) is 0. The molecule has 0 N–H and O–H groups in total. The van der Waals surface area contributed by atoms with Gasteiger partial charge >= 0.3 is 0 Å². The second kappa shape index (κ2) is 5.06. The Labute approximate surface area is 104 Å². The average molecular weight is 330 g/mol. The Morgan fingerprint density at radius 3 is 3.07 bits per heavy atom. The highest BCUT2D eigenvalue weighted by atomic mass is 127. The van der Waals surface area contributed by atoms with E-state index in [0.29, 0.717) is 0 Å². The molecule has 0 radical (unpaired) electrons. The minimum atomic E-state index is 0.861. The van der Waals surface area contributed by atoms with Crippen LogP contribution in [0.1, 0.15) is 5.56 Å². The zero-order valence-corrected chi connectivity index (χ0v) is 11.1. The molecule has 1 aromatic heterocycles. The van der Waals surface area contributed by atoms with Crippen LogP contribution in [0, 0.1) is 11.2 Å². The number of hydrogen-bond donors (Lipinski definition) is 0. The summed E-state index contributed by atoms with van der Waals surface area (Å²) in [5.41, 5.74) is 1.35. The molecule has 0 saturated heterocycles. The van der Waals surface area contributed by atoms with Gasteiger partial charge in [-0.15, -0.1) is 11.3 Å². The normalized spacial score (nSPS) is 9.79. The van der Waals surface area contributed by atoms with Crippen molar-refractivity contribution in [3.8, 4) is 11.2 Å². The molecule has 3 heteroatoms. The maximum absolute atomic E-state index is 3.14. The molecule has 2 aromatic rings. The molecule has 0 aliphatic heterocycles. The second-order valence-corrected chi connectivity index (χ2v) is 5.38. The zero-order valence-electron chi connectivity index (χ0n) is 7.29. The van der Waals surface area contributed by atoms with Crippen molar-refractivity contribution in [1.82, 2.24) is 0 Å². The van der Waals surface area contributed by atoms with Gasteiger partial charge in [-0.1, -0.05) is 24.1 Å². The number of hydrogen-bond acceptors (Lipinski definition) is 2. The van der Waals surface area contributed by atoms with E-state index < -0.39 is 0 Å². The van der Waals surface area contributed by atoms with E-state index >= 15 is 0 Å². The Bertz CT molecular complexity index is 490. The molecule has 0 atom stereocenters. The van der Waals surface area contributed by atoms with E-state index in [9.17, 15) is 0 Å². The standard InChI is InChI=1S/C11H7IS2/c12-14-7-3-4-9-8-13-11-6-2-1-5-10(9)11/h1-2,5-6,8H,4H2. The number of benzene rings is 1. The third kappa shape index (κ3) is 2.25. The summed E-state index contributed by atoms with van der Waals surface area (Å²) in [6.45, 7) is 0. The molecular formula is C11H7IS2. The second-order valence-electron chi connectivity index (χ2n) is 2.79. The van der Waals surface area contributed by atoms with Crippen LogP contribution in [-0.2, 0) is 6.42 Å². The van der Waals surface area contributed by atoms with Crippen molar-refractivity contribution in [3.05, 3.63) is 35.2 Å². The monoisotopic (exact) mass is 330 g/mol. The fourth-order valence-electron chi connectivity index (χ4n) is 1.33. The van der Waals surface area contributed by atoms with Crippen LogP contribution in [0.15, 0.2) is 29.6 Å². The van der Waals surface area contributed by atoms with Gasteiger partial charge in [0.25, 0.3) is 0 Å². The molecular weight excluding hydrogens is 323 g/mol. The molecule has 0 unspecified atom stereocenters. The van der Waals surface area contributed by atoms with E-state index in [1.54, 1.807) is 20.3 Å². The number of halogens is 1. The highest BCUT2D eigenvalue weighted by molar-refractivity contribution is 14.2. The average Bonchev–Trinajstić information content (AvgIpc) is 2.63. The predicted octanol–water partition coefficient (Wildman–Crippen LogP) is 4.49. The van der Waals surface area contributed by atoms with Gasteiger partial charge in [0.15, 0.2) is 0 Å². The third-order valence-electron chi connectivity index (χ3n) is 1.95. The van der Waals surface area contributed by atoms with E-state index in [1.807, 2.05) is 0 Å². The molecule has 2 rings (SSSR count). The minimum absolute atomic E-state index is 0.861. The van der Waals surface area contributed by atoms with Gasteiger partial charge < -0.3 is 0 Å². The van der Waals surface area contributed by atoms with Crippen molar-refractivity contribution in [3.63, 3.8) is 0 Å². The van der Waals surface area contributed by atoms with E-state index in [1.165, 1.54) is 15.6 Å². The van der Waals surface area contributed by atoms with Crippen molar-refractivity contribution in [2.45, 2.75) is 6.42 Å². The summed E-state index contributed by atoms with van der Waals surface area (Å²) in [5.74, 6) is 3.14. The first kappa shape index (κ1) is 10.3. The third-order valence-corrected chi connectivity index (χ3v) is 3.85. The Morgan fingerprint density at radius 1 is 1.36 bits per heavy atom. The maximum Gasteiger partial charge on any atom is 0.0364 e. The molecule has 0 spiro atoms. The smallest absolute Gasteiger partial charge is 0.0364 e. The van der Waals surface area contributed by atoms with Crippen LogP contribution in [-0.4, -0.2) is 0 Å². The van der Waals surface area contributed by atoms with Crippen LogP contribution in [0.5, 0.6) is 0 Å². The van der Waals surface area contributed by atoms with Crippen LogP contribution < -0.4 is 0 Å². The van der Waals surface area contributed by atoms with Crippen LogP contribution in [0.3, 0.4) is 0 Å². The maximum atomic E-state index is 3.14. The van der Waals surface area contributed by atoms with Gasteiger partial charge in [-0.3, -0.25) is 0 Å². The first-order valence-electron chi connectivity index (χ1n) is 4.12. The van der Waals surface area contributed by atoms with Crippen LogP contribution in [0.2, 0.25) is 0 Å². The number of thiophene rings is 1. The number of rotatable bonds is 1. The van der Waals surface area contributed by atoms with E-state index in [2.05, 4.69) is 62.0 Å². The Morgan fingerprint density at radius 2 is 2.21 bits per heavy atom. The van der Waals surface area contributed by atoms with Crippen molar-refractivity contribution in [1.29, 1.82) is 0 Å². The lowest BCUT2D eigenvalue weighted by atomic mass is 10.1. The summed E-state index contributed by atoms with van der Waals surface area (Å²) < 4.78 is 1.35. The SMILES string of the molecule is ISC#CCc1csc2ccccc12. The van der Waals surface area contributed by atoms with Crippen molar-refractivity contribution in [2.24, 2.45) is 0 Å². The largest absolute Gasteiger partial charge is 0.143 e. The van der Waals surface area contributed by atoms with Gasteiger partial charge in [0.1, 0.15) is 0 Å². The lowest BCUT2D eigenvalue weighted by Gasteiger charge is -1.91. The summed E-state index contributed by atoms with van der Waals surface area (Å²) in [6.07, 6.45) is 0.861. The Balaban J connectivity index is 2.34. The van der Waals surface area contributed by atoms with E-state index in [0.717, 1.165) is 6.42 Å². The summed E-state index contributed by atoms with van der Waals surface area (Å²) in [7, 11) is 1.54. The zero-order chi connectivity index (χ0) is 9.80. The van der Waals surface area contributed by atoms with Gasteiger partial charge in [0.05, 0.1) is 0 Å². The first-order valence-corrected chi connectivity index (χ1v) is 8.36. The highest BCUT2D eigenvalue weighted by Gasteiger charge is 2.00. The fraction of sp³-hybridized carbons (Fsp3) is 0.0909. The molecule has 1 aromatic carbocycles. The lowest BCUT2D eigenvalue weighted by Crippen LogP contribution is -1.76.